The van der Waals surface area contributed by atoms with Crippen LogP contribution in [0.5, 0.6) is 0 Å². The molecule has 2 unspecified atom stereocenters. The summed E-state index contributed by atoms with van der Waals surface area (Å²) < 4.78 is 5.50. The molecule has 1 aromatic carbocycles. The van der Waals surface area contributed by atoms with Crippen LogP contribution in [0.1, 0.15) is 18.4 Å². The third-order valence-corrected chi connectivity index (χ3v) is 3.83. The topological polar surface area (TPSA) is 62.3 Å². The normalized spacial score (nSPS) is 22.2. The van der Waals surface area contributed by atoms with Crippen molar-refractivity contribution in [2.45, 2.75) is 18.4 Å². The van der Waals surface area contributed by atoms with E-state index in [1.165, 1.54) is 6.42 Å². The lowest BCUT2D eigenvalue weighted by Gasteiger charge is -2.32. The SMILES string of the molecule is CN(CC1CCCOC1)CC(N)(C#N)c1ccccc1. The fourth-order valence-corrected chi connectivity index (χ4v) is 2.81. The summed E-state index contributed by atoms with van der Waals surface area (Å²) in [4.78, 5) is 2.15. The summed E-state index contributed by atoms with van der Waals surface area (Å²) in [6.45, 7) is 3.15. The maximum absolute atomic E-state index is 9.47. The van der Waals surface area contributed by atoms with Gasteiger partial charge in [-0.05, 0) is 31.4 Å². The zero-order chi connectivity index (χ0) is 14.4. The summed E-state index contributed by atoms with van der Waals surface area (Å²) in [6, 6.07) is 11.9. The molecule has 1 heterocycles. The number of ether oxygens (including phenoxy) is 1. The van der Waals surface area contributed by atoms with Crippen LogP contribution in [-0.2, 0) is 10.3 Å². The molecule has 1 fully saturated rings. The average molecular weight is 273 g/mol. The Labute approximate surface area is 121 Å². The van der Waals surface area contributed by atoms with E-state index in [1.54, 1.807) is 0 Å². The van der Waals surface area contributed by atoms with E-state index < -0.39 is 5.54 Å². The van der Waals surface area contributed by atoms with E-state index in [0.717, 1.165) is 31.7 Å². The van der Waals surface area contributed by atoms with Crippen molar-refractivity contribution < 1.29 is 4.74 Å². The molecule has 0 amide bonds. The Bertz CT molecular complexity index is 451. The second-order valence-electron chi connectivity index (χ2n) is 5.73. The van der Waals surface area contributed by atoms with E-state index in [1.807, 2.05) is 37.4 Å². The lowest BCUT2D eigenvalue weighted by Crippen LogP contribution is -2.47. The number of likely N-dealkylation sites (N-methyl/N-ethyl adjacent to an activating group) is 1. The predicted octanol–water partition coefficient (Wildman–Crippen LogP) is 1.72. The largest absolute Gasteiger partial charge is 0.381 e. The van der Waals surface area contributed by atoms with Crippen LogP contribution in [0.2, 0.25) is 0 Å². The Morgan fingerprint density at radius 1 is 1.45 bits per heavy atom. The van der Waals surface area contributed by atoms with Crippen molar-refractivity contribution in [3.05, 3.63) is 35.9 Å². The molecule has 1 aliphatic rings. The monoisotopic (exact) mass is 273 g/mol. The van der Waals surface area contributed by atoms with Crippen LogP contribution < -0.4 is 5.73 Å². The van der Waals surface area contributed by atoms with Crippen molar-refractivity contribution >= 4 is 0 Å². The molecule has 0 aromatic heterocycles. The number of nitriles is 1. The van der Waals surface area contributed by atoms with Gasteiger partial charge in [-0.15, -0.1) is 0 Å². The van der Waals surface area contributed by atoms with Crippen LogP contribution >= 0.6 is 0 Å². The van der Waals surface area contributed by atoms with Gasteiger partial charge in [0.2, 0.25) is 0 Å². The molecular weight excluding hydrogens is 250 g/mol. The molecule has 2 rings (SSSR count). The van der Waals surface area contributed by atoms with Crippen molar-refractivity contribution in [3.8, 4) is 6.07 Å². The smallest absolute Gasteiger partial charge is 0.142 e. The summed E-state index contributed by atoms with van der Waals surface area (Å²) in [7, 11) is 2.02. The van der Waals surface area contributed by atoms with E-state index in [4.69, 9.17) is 10.5 Å². The van der Waals surface area contributed by atoms with Gasteiger partial charge in [0.05, 0.1) is 12.7 Å². The molecule has 2 N–H and O–H groups in total. The number of nitrogens with zero attached hydrogens (tertiary/aromatic N) is 2. The molecule has 4 nitrogen and oxygen atoms in total. The lowest BCUT2D eigenvalue weighted by atomic mass is 9.91. The molecular formula is C16H23N3O. The molecule has 0 aliphatic carbocycles. The Balaban J connectivity index is 1.97. The molecule has 1 aromatic rings. The first-order chi connectivity index (χ1) is 9.64. The van der Waals surface area contributed by atoms with Gasteiger partial charge in [0.15, 0.2) is 0 Å². The van der Waals surface area contributed by atoms with Gasteiger partial charge in [0, 0.05) is 19.7 Å². The minimum absolute atomic E-state index is 0.532. The predicted molar refractivity (Wildman–Crippen MR) is 79.0 cm³/mol. The number of hydrogen-bond donors (Lipinski definition) is 1. The van der Waals surface area contributed by atoms with Crippen LogP contribution in [0.15, 0.2) is 30.3 Å². The fraction of sp³-hybridized carbons (Fsp3) is 0.562. The van der Waals surface area contributed by atoms with E-state index in [0.29, 0.717) is 12.5 Å². The number of rotatable bonds is 5. The van der Waals surface area contributed by atoms with E-state index in [-0.39, 0.29) is 0 Å². The van der Waals surface area contributed by atoms with Gasteiger partial charge in [0.1, 0.15) is 5.54 Å². The fourth-order valence-electron chi connectivity index (χ4n) is 2.81. The molecule has 20 heavy (non-hydrogen) atoms. The van der Waals surface area contributed by atoms with Crippen LogP contribution in [0.3, 0.4) is 0 Å². The minimum atomic E-state index is -0.953. The molecule has 108 valence electrons. The third kappa shape index (κ3) is 3.80. The van der Waals surface area contributed by atoms with Crippen LogP contribution in [0.4, 0.5) is 0 Å². The second kappa shape index (κ2) is 6.85. The Morgan fingerprint density at radius 2 is 2.20 bits per heavy atom. The highest BCUT2D eigenvalue weighted by atomic mass is 16.5. The number of benzene rings is 1. The summed E-state index contributed by atoms with van der Waals surface area (Å²) in [5.74, 6) is 0.549. The minimum Gasteiger partial charge on any atom is -0.381 e. The molecule has 4 heteroatoms. The molecule has 0 spiro atoms. The maximum Gasteiger partial charge on any atom is 0.142 e. The summed E-state index contributed by atoms with van der Waals surface area (Å²) in [5, 5.41) is 9.47. The second-order valence-corrected chi connectivity index (χ2v) is 5.73. The first kappa shape index (κ1) is 15.0. The van der Waals surface area contributed by atoms with Crippen molar-refractivity contribution in [1.29, 1.82) is 5.26 Å². The zero-order valence-corrected chi connectivity index (χ0v) is 12.1. The number of nitrogens with two attached hydrogens (primary N) is 1. The Kier molecular flexibility index (Phi) is 5.13. The highest BCUT2D eigenvalue weighted by Gasteiger charge is 2.29. The third-order valence-electron chi connectivity index (χ3n) is 3.83. The summed E-state index contributed by atoms with van der Waals surface area (Å²) in [6.07, 6.45) is 2.32. The first-order valence-corrected chi connectivity index (χ1v) is 7.16. The van der Waals surface area contributed by atoms with Gasteiger partial charge >= 0.3 is 0 Å². The van der Waals surface area contributed by atoms with E-state index >= 15 is 0 Å². The van der Waals surface area contributed by atoms with Gasteiger partial charge in [0.25, 0.3) is 0 Å². The molecule has 1 aliphatic heterocycles. The molecule has 1 saturated heterocycles. The van der Waals surface area contributed by atoms with Crippen LogP contribution in [0, 0.1) is 17.2 Å². The number of hydrogen-bond acceptors (Lipinski definition) is 4. The molecule has 2 atom stereocenters. The Morgan fingerprint density at radius 3 is 2.80 bits per heavy atom. The molecule has 0 saturated carbocycles. The summed E-state index contributed by atoms with van der Waals surface area (Å²) >= 11 is 0. The van der Waals surface area contributed by atoms with Crippen molar-refractivity contribution in [3.63, 3.8) is 0 Å². The lowest BCUT2D eigenvalue weighted by molar-refractivity contribution is 0.0403. The molecule has 0 bridgehead atoms. The van der Waals surface area contributed by atoms with Gasteiger partial charge in [-0.3, -0.25) is 0 Å². The average Bonchev–Trinajstić information content (AvgIpc) is 2.49. The quantitative estimate of drug-likeness (QED) is 0.887. The van der Waals surface area contributed by atoms with Gasteiger partial charge in [-0.2, -0.15) is 5.26 Å². The van der Waals surface area contributed by atoms with Crippen molar-refractivity contribution in [1.82, 2.24) is 4.90 Å². The maximum atomic E-state index is 9.47. The standard InChI is InChI=1S/C16H23N3O/c1-19(10-14-6-5-9-20-11-14)13-16(18,12-17)15-7-3-2-4-8-15/h2-4,7-8,14H,5-6,9-11,13,18H2,1H3. The van der Waals surface area contributed by atoms with Crippen LogP contribution in [0.25, 0.3) is 0 Å². The van der Waals surface area contributed by atoms with Gasteiger partial charge < -0.3 is 15.4 Å². The van der Waals surface area contributed by atoms with E-state index in [9.17, 15) is 5.26 Å². The Hall–Kier alpha value is -1.41. The van der Waals surface area contributed by atoms with Crippen molar-refractivity contribution in [2.24, 2.45) is 11.7 Å². The zero-order valence-electron chi connectivity index (χ0n) is 12.1. The van der Waals surface area contributed by atoms with Gasteiger partial charge in [-0.25, -0.2) is 0 Å². The summed E-state index contributed by atoms with van der Waals surface area (Å²) in [5.41, 5.74) is 6.21. The first-order valence-electron chi connectivity index (χ1n) is 7.16. The van der Waals surface area contributed by atoms with Crippen LogP contribution in [-0.4, -0.2) is 38.3 Å². The van der Waals surface area contributed by atoms with Crippen molar-refractivity contribution in [2.75, 3.05) is 33.4 Å². The highest BCUT2D eigenvalue weighted by Crippen LogP contribution is 2.20. The van der Waals surface area contributed by atoms with Gasteiger partial charge in [-0.1, -0.05) is 30.3 Å². The highest BCUT2D eigenvalue weighted by molar-refractivity contribution is 5.31. The molecule has 0 radical (unpaired) electrons. The van der Waals surface area contributed by atoms with E-state index in [2.05, 4.69) is 11.0 Å².